The van der Waals surface area contributed by atoms with Crippen LogP contribution < -0.4 is 5.32 Å². The number of carbonyl (C=O) groups excluding carboxylic acids is 1. The van der Waals surface area contributed by atoms with Crippen molar-refractivity contribution in [2.75, 3.05) is 6.54 Å². The zero-order valence-electron chi connectivity index (χ0n) is 7.37. The molecule has 66 valence electrons. The van der Waals surface area contributed by atoms with Gasteiger partial charge in [-0.1, -0.05) is 0 Å². The molecule has 1 amide bonds. The summed E-state index contributed by atoms with van der Waals surface area (Å²) < 4.78 is 1.63. The number of nitrogens with zero attached hydrogens (tertiary/aromatic N) is 2. The molecule has 1 heterocycles. The third-order valence-corrected chi connectivity index (χ3v) is 1.44. The van der Waals surface area contributed by atoms with Gasteiger partial charge in [0, 0.05) is 12.7 Å². The average molecular weight is 167 g/mol. The Labute approximate surface area is 71.6 Å². The van der Waals surface area contributed by atoms with E-state index in [9.17, 15) is 4.79 Å². The predicted molar refractivity (Wildman–Crippen MR) is 45.6 cm³/mol. The zero-order valence-corrected chi connectivity index (χ0v) is 7.37. The summed E-state index contributed by atoms with van der Waals surface area (Å²) >= 11 is 0. The summed E-state index contributed by atoms with van der Waals surface area (Å²) in [5.74, 6) is 0.000556. The summed E-state index contributed by atoms with van der Waals surface area (Å²) in [7, 11) is 0. The molecule has 0 atom stereocenters. The first kappa shape index (κ1) is 8.77. The van der Waals surface area contributed by atoms with E-state index < -0.39 is 0 Å². The van der Waals surface area contributed by atoms with Crippen LogP contribution in [0.1, 0.15) is 12.5 Å². The van der Waals surface area contributed by atoms with E-state index in [1.54, 1.807) is 10.9 Å². The minimum absolute atomic E-state index is 0.000556. The Hall–Kier alpha value is -1.32. The van der Waals surface area contributed by atoms with Gasteiger partial charge in [-0.15, -0.1) is 0 Å². The van der Waals surface area contributed by atoms with Gasteiger partial charge in [0.15, 0.2) is 0 Å². The van der Waals surface area contributed by atoms with E-state index in [0.717, 1.165) is 5.56 Å². The van der Waals surface area contributed by atoms with Crippen LogP contribution in [0.15, 0.2) is 12.4 Å². The molecule has 0 fully saturated rings. The molecule has 0 spiro atoms. The monoisotopic (exact) mass is 167 g/mol. The first-order valence-corrected chi connectivity index (χ1v) is 3.98. The highest BCUT2D eigenvalue weighted by Crippen LogP contribution is 1.93. The van der Waals surface area contributed by atoms with Crippen LogP contribution in [0.4, 0.5) is 0 Å². The lowest BCUT2D eigenvalue weighted by molar-refractivity contribution is -0.121. The lowest BCUT2D eigenvalue weighted by Crippen LogP contribution is -2.27. The summed E-state index contributed by atoms with van der Waals surface area (Å²) in [4.78, 5) is 11.0. The van der Waals surface area contributed by atoms with E-state index in [2.05, 4.69) is 10.4 Å². The van der Waals surface area contributed by atoms with Crippen LogP contribution >= 0.6 is 0 Å². The molecule has 4 nitrogen and oxygen atoms in total. The van der Waals surface area contributed by atoms with Gasteiger partial charge >= 0.3 is 0 Å². The van der Waals surface area contributed by atoms with Crippen LogP contribution in [0.2, 0.25) is 0 Å². The zero-order chi connectivity index (χ0) is 8.97. The normalized spacial score (nSPS) is 9.83. The van der Waals surface area contributed by atoms with E-state index in [0.29, 0.717) is 13.1 Å². The maximum absolute atomic E-state index is 11.0. The van der Waals surface area contributed by atoms with Gasteiger partial charge in [-0.2, -0.15) is 5.10 Å². The summed E-state index contributed by atoms with van der Waals surface area (Å²) in [6, 6.07) is 0. The van der Waals surface area contributed by atoms with Crippen LogP contribution in [0.25, 0.3) is 0 Å². The molecule has 0 saturated heterocycles. The van der Waals surface area contributed by atoms with E-state index in [1.807, 2.05) is 20.0 Å². The maximum atomic E-state index is 11.0. The van der Waals surface area contributed by atoms with E-state index in [1.165, 1.54) is 0 Å². The standard InChI is InChI=1S/C8H13N3O/c1-3-9-8(12)6-11-5-7(2)4-10-11/h4-5H,3,6H2,1-2H3,(H,9,12). The molecule has 0 bridgehead atoms. The minimum Gasteiger partial charge on any atom is -0.355 e. The predicted octanol–water partition coefficient (Wildman–Crippen LogP) is 0.328. The van der Waals surface area contributed by atoms with Crippen LogP contribution in [0.3, 0.4) is 0 Å². The first-order chi connectivity index (χ1) is 5.72. The first-order valence-electron chi connectivity index (χ1n) is 3.98. The Kier molecular flexibility index (Phi) is 2.85. The summed E-state index contributed by atoms with van der Waals surface area (Å²) in [5.41, 5.74) is 1.07. The van der Waals surface area contributed by atoms with Gasteiger partial charge < -0.3 is 5.32 Å². The number of aryl methyl sites for hydroxylation is 1. The van der Waals surface area contributed by atoms with Crippen molar-refractivity contribution in [1.82, 2.24) is 15.1 Å². The molecule has 1 aromatic heterocycles. The molecular formula is C8H13N3O. The van der Waals surface area contributed by atoms with Crippen molar-refractivity contribution in [1.29, 1.82) is 0 Å². The SMILES string of the molecule is CCNC(=O)Cn1cc(C)cn1. The van der Waals surface area contributed by atoms with Crippen molar-refractivity contribution in [2.45, 2.75) is 20.4 Å². The molecule has 0 aromatic carbocycles. The highest BCUT2D eigenvalue weighted by molar-refractivity contribution is 5.75. The average Bonchev–Trinajstić information content (AvgIpc) is 2.36. The molecule has 4 heteroatoms. The summed E-state index contributed by atoms with van der Waals surface area (Å²) in [6.45, 7) is 4.81. The van der Waals surface area contributed by atoms with Crippen molar-refractivity contribution in [3.8, 4) is 0 Å². The quantitative estimate of drug-likeness (QED) is 0.705. The van der Waals surface area contributed by atoms with Crippen molar-refractivity contribution in [3.63, 3.8) is 0 Å². The molecule has 0 saturated carbocycles. The van der Waals surface area contributed by atoms with Gasteiger partial charge in [-0.05, 0) is 19.4 Å². The van der Waals surface area contributed by atoms with E-state index in [4.69, 9.17) is 0 Å². The second-order valence-electron chi connectivity index (χ2n) is 2.67. The fraction of sp³-hybridized carbons (Fsp3) is 0.500. The number of nitrogens with one attached hydrogen (secondary N) is 1. The number of amides is 1. The fourth-order valence-electron chi connectivity index (χ4n) is 0.954. The van der Waals surface area contributed by atoms with Crippen LogP contribution in [-0.4, -0.2) is 22.2 Å². The molecule has 1 aromatic rings. The molecule has 0 aliphatic carbocycles. The van der Waals surface area contributed by atoms with Gasteiger partial charge in [0.2, 0.25) is 5.91 Å². The van der Waals surface area contributed by atoms with Crippen LogP contribution in [0, 0.1) is 6.92 Å². The molecule has 0 aliphatic rings. The molecule has 12 heavy (non-hydrogen) atoms. The molecule has 0 radical (unpaired) electrons. The lowest BCUT2D eigenvalue weighted by atomic mass is 10.4. The molecule has 0 unspecified atom stereocenters. The van der Waals surface area contributed by atoms with Crippen LogP contribution in [0.5, 0.6) is 0 Å². The van der Waals surface area contributed by atoms with Crippen molar-refractivity contribution >= 4 is 5.91 Å². The Balaban J connectivity index is 2.46. The van der Waals surface area contributed by atoms with Crippen LogP contribution in [-0.2, 0) is 11.3 Å². The summed E-state index contributed by atoms with van der Waals surface area (Å²) in [5, 5.41) is 6.70. The molecule has 1 N–H and O–H groups in total. The number of rotatable bonds is 3. The smallest absolute Gasteiger partial charge is 0.241 e. The third-order valence-electron chi connectivity index (χ3n) is 1.44. The van der Waals surface area contributed by atoms with Gasteiger partial charge in [0.05, 0.1) is 6.20 Å². The highest BCUT2D eigenvalue weighted by atomic mass is 16.2. The Bertz CT molecular complexity index is 267. The molecule has 0 aliphatic heterocycles. The highest BCUT2D eigenvalue weighted by Gasteiger charge is 2.00. The second-order valence-corrected chi connectivity index (χ2v) is 2.67. The Morgan fingerprint density at radius 3 is 3.00 bits per heavy atom. The lowest BCUT2D eigenvalue weighted by Gasteiger charge is -2.00. The number of hydrogen-bond donors (Lipinski definition) is 1. The molecule has 1 rings (SSSR count). The minimum atomic E-state index is 0.000556. The summed E-state index contributed by atoms with van der Waals surface area (Å²) in [6.07, 6.45) is 3.58. The largest absolute Gasteiger partial charge is 0.355 e. The fourth-order valence-corrected chi connectivity index (χ4v) is 0.954. The number of likely N-dealkylation sites (N-methyl/N-ethyl adjacent to an activating group) is 1. The third kappa shape index (κ3) is 2.38. The number of aromatic nitrogens is 2. The van der Waals surface area contributed by atoms with Crippen molar-refractivity contribution in [2.24, 2.45) is 0 Å². The van der Waals surface area contributed by atoms with Crippen molar-refractivity contribution < 1.29 is 4.79 Å². The van der Waals surface area contributed by atoms with Gasteiger partial charge in [0.25, 0.3) is 0 Å². The van der Waals surface area contributed by atoms with Gasteiger partial charge in [-0.3, -0.25) is 9.48 Å². The molecular weight excluding hydrogens is 154 g/mol. The maximum Gasteiger partial charge on any atom is 0.241 e. The van der Waals surface area contributed by atoms with E-state index >= 15 is 0 Å². The van der Waals surface area contributed by atoms with E-state index in [-0.39, 0.29) is 5.91 Å². The second kappa shape index (κ2) is 3.90. The van der Waals surface area contributed by atoms with Crippen molar-refractivity contribution in [3.05, 3.63) is 18.0 Å². The topological polar surface area (TPSA) is 46.9 Å². The van der Waals surface area contributed by atoms with Gasteiger partial charge in [0.1, 0.15) is 6.54 Å². The Morgan fingerprint density at radius 2 is 2.50 bits per heavy atom. The number of hydrogen-bond acceptors (Lipinski definition) is 2. The Morgan fingerprint density at radius 1 is 1.75 bits per heavy atom. The number of carbonyl (C=O) groups is 1. The van der Waals surface area contributed by atoms with Gasteiger partial charge in [-0.25, -0.2) is 0 Å².